The predicted octanol–water partition coefficient (Wildman–Crippen LogP) is 14.6. The molecule has 0 aliphatic heterocycles. The summed E-state index contributed by atoms with van der Waals surface area (Å²) in [5, 5.41) is 3.81. The molecule has 0 aromatic carbocycles. The van der Waals surface area contributed by atoms with Crippen LogP contribution < -0.4 is 5.32 Å². The summed E-state index contributed by atoms with van der Waals surface area (Å²) in [5.41, 5.74) is 0. The van der Waals surface area contributed by atoms with Crippen LogP contribution >= 0.6 is 0 Å². The van der Waals surface area contributed by atoms with Crippen LogP contribution in [0.4, 0.5) is 0 Å². The molecule has 1 N–H and O–H groups in total. The highest BCUT2D eigenvalue weighted by atomic mass is 16.5. The molecular formula is C50H97NO6. The number of carbonyl (C=O) groups excluding carboxylic acids is 3. The molecule has 7 nitrogen and oxygen atoms in total. The van der Waals surface area contributed by atoms with Gasteiger partial charge < -0.3 is 19.5 Å². The smallest absolute Gasteiger partial charge is 0.305 e. The van der Waals surface area contributed by atoms with Gasteiger partial charge in [0.2, 0.25) is 0 Å². The summed E-state index contributed by atoms with van der Waals surface area (Å²) in [6.45, 7) is 13.5. The predicted molar refractivity (Wildman–Crippen MR) is 242 cm³/mol. The van der Waals surface area contributed by atoms with E-state index in [4.69, 9.17) is 14.2 Å². The first kappa shape index (κ1) is 55.4. The Kier molecular flexibility index (Phi) is 42.7. The Morgan fingerprint density at radius 1 is 0.368 bits per heavy atom. The number of ether oxygens (including phenoxy) is 3. The van der Waals surface area contributed by atoms with Crippen molar-refractivity contribution in [2.24, 2.45) is 11.8 Å². The van der Waals surface area contributed by atoms with Crippen LogP contribution in [0, 0.1) is 11.8 Å². The summed E-state index contributed by atoms with van der Waals surface area (Å²) < 4.78 is 16.5. The summed E-state index contributed by atoms with van der Waals surface area (Å²) in [4.78, 5) is 36.6. The Bertz CT molecular complexity index is 825. The molecule has 0 heterocycles. The van der Waals surface area contributed by atoms with Crippen molar-refractivity contribution >= 4 is 17.9 Å². The van der Waals surface area contributed by atoms with Gasteiger partial charge in [-0.05, 0) is 89.5 Å². The molecule has 0 bridgehead atoms. The molecule has 7 heteroatoms. The lowest BCUT2D eigenvalue weighted by molar-refractivity contribution is -0.146. The van der Waals surface area contributed by atoms with Crippen LogP contribution in [0.2, 0.25) is 0 Å². The average molecular weight is 808 g/mol. The van der Waals surface area contributed by atoms with Crippen LogP contribution in [0.5, 0.6) is 0 Å². The number of nitrogens with one attached hydrogen (secondary N) is 1. The number of unbranched alkanes of at least 4 members (excludes halogenated alkanes) is 19. The number of hydrogen-bond donors (Lipinski definition) is 1. The lowest BCUT2D eigenvalue weighted by atomic mass is 9.96. The van der Waals surface area contributed by atoms with E-state index >= 15 is 0 Å². The molecule has 2 atom stereocenters. The summed E-state index contributed by atoms with van der Waals surface area (Å²) in [6, 6.07) is 0.526. The summed E-state index contributed by atoms with van der Waals surface area (Å²) in [5.74, 6) is 0.971. The van der Waals surface area contributed by atoms with E-state index in [1.807, 2.05) is 6.92 Å². The average Bonchev–Trinajstić information content (AvgIpc) is 3.20. The van der Waals surface area contributed by atoms with E-state index in [1.165, 1.54) is 167 Å². The van der Waals surface area contributed by atoms with Crippen LogP contribution in [0.1, 0.15) is 259 Å². The second-order valence-electron chi connectivity index (χ2n) is 17.3. The molecule has 0 aliphatic rings. The van der Waals surface area contributed by atoms with Crippen LogP contribution in [-0.4, -0.2) is 50.3 Å². The second-order valence-corrected chi connectivity index (χ2v) is 17.3. The van der Waals surface area contributed by atoms with E-state index in [0.29, 0.717) is 57.0 Å². The van der Waals surface area contributed by atoms with Crippen molar-refractivity contribution < 1.29 is 28.6 Å². The highest BCUT2D eigenvalue weighted by Crippen LogP contribution is 2.21. The van der Waals surface area contributed by atoms with Gasteiger partial charge in [-0.3, -0.25) is 14.4 Å². The van der Waals surface area contributed by atoms with Gasteiger partial charge >= 0.3 is 17.9 Å². The zero-order chi connectivity index (χ0) is 41.9. The molecular weight excluding hydrogens is 711 g/mol. The first-order valence-corrected chi connectivity index (χ1v) is 25.1. The van der Waals surface area contributed by atoms with Gasteiger partial charge in [-0.1, -0.05) is 169 Å². The van der Waals surface area contributed by atoms with Crippen molar-refractivity contribution in [1.29, 1.82) is 0 Å². The largest absolute Gasteiger partial charge is 0.466 e. The fourth-order valence-electron chi connectivity index (χ4n) is 7.91. The van der Waals surface area contributed by atoms with E-state index in [-0.39, 0.29) is 17.9 Å². The Balaban J connectivity index is 4.31. The first-order chi connectivity index (χ1) is 27.9. The molecule has 0 aromatic rings. The zero-order valence-electron chi connectivity index (χ0n) is 38.8. The van der Waals surface area contributed by atoms with E-state index in [0.717, 1.165) is 45.1 Å². The van der Waals surface area contributed by atoms with Crippen molar-refractivity contribution in [2.75, 3.05) is 26.4 Å². The normalized spacial score (nSPS) is 13.0. The first-order valence-electron chi connectivity index (χ1n) is 25.1. The third-order valence-corrected chi connectivity index (χ3v) is 11.7. The highest BCUT2D eigenvalue weighted by molar-refractivity contribution is 5.69. The minimum atomic E-state index is -0.0868. The van der Waals surface area contributed by atoms with E-state index in [9.17, 15) is 14.4 Å². The number of hydrogen-bond acceptors (Lipinski definition) is 7. The SMILES string of the molecule is CCCCCCC(CCCC)COC(=O)CCCCCCCCC(CCCCCCCCC(=O)OCC(CCCC)CCCCCC)NCCCCC(=O)OCC. The fourth-order valence-corrected chi connectivity index (χ4v) is 7.91. The molecule has 0 amide bonds. The van der Waals surface area contributed by atoms with Crippen molar-refractivity contribution in [1.82, 2.24) is 5.32 Å². The molecule has 57 heavy (non-hydrogen) atoms. The second kappa shape index (κ2) is 43.9. The standard InChI is InChI=1S/C50H97NO6/c1-6-11-15-25-35-45(33-13-8-3)43-56-49(53)39-29-23-19-17-21-27-37-47(51-42-32-31-41-48(52)55-10-5)38-28-22-18-20-24-30-40-50(54)57-44-46(34-14-9-4)36-26-16-12-7-2/h45-47,51H,6-44H2,1-5H3. The van der Waals surface area contributed by atoms with Crippen molar-refractivity contribution in [3.63, 3.8) is 0 Å². The molecule has 0 aliphatic carbocycles. The van der Waals surface area contributed by atoms with Gasteiger partial charge in [-0.15, -0.1) is 0 Å². The summed E-state index contributed by atoms with van der Waals surface area (Å²) in [6.07, 6.45) is 39.6. The minimum absolute atomic E-state index is 0.00389. The maximum Gasteiger partial charge on any atom is 0.305 e. The van der Waals surface area contributed by atoms with Gasteiger partial charge in [-0.25, -0.2) is 0 Å². The van der Waals surface area contributed by atoms with Gasteiger partial charge in [0.25, 0.3) is 0 Å². The summed E-state index contributed by atoms with van der Waals surface area (Å²) in [7, 11) is 0. The number of esters is 3. The lowest BCUT2D eigenvalue weighted by Crippen LogP contribution is -2.30. The highest BCUT2D eigenvalue weighted by Gasteiger charge is 2.14. The molecule has 0 rings (SSSR count). The van der Waals surface area contributed by atoms with E-state index in [1.54, 1.807) is 0 Å². The third kappa shape index (κ3) is 39.6. The molecule has 338 valence electrons. The maximum absolute atomic E-state index is 12.4. The Morgan fingerprint density at radius 3 is 1.12 bits per heavy atom. The van der Waals surface area contributed by atoms with Crippen molar-refractivity contribution in [3.05, 3.63) is 0 Å². The molecule has 0 aromatic heterocycles. The summed E-state index contributed by atoms with van der Waals surface area (Å²) >= 11 is 0. The van der Waals surface area contributed by atoms with Crippen LogP contribution in [0.3, 0.4) is 0 Å². The molecule has 0 spiro atoms. The molecule has 0 saturated carbocycles. The monoisotopic (exact) mass is 808 g/mol. The maximum atomic E-state index is 12.4. The number of rotatable bonds is 45. The van der Waals surface area contributed by atoms with Gasteiger partial charge in [0.05, 0.1) is 19.8 Å². The zero-order valence-corrected chi connectivity index (χ0v) is 38.8. The Hall–Kier alpha value is -1.63. The van der Waals surface area contributed by atoms with Gasteiger partial charge in [0.1, 0.15) is 0 Å². The van der Waals surface area contributed by atoms with Gasteiger partial charge in [0.15, 0.2) is 0 Å². The molecule has 0 radical (unpaired) electrons. The van der Waals surface area contributed by atoms with Gasteiger partial charge in [0, 0.05) is 25.3 Å². The van der Waals surface area contributed by atoms with Crippen LogP contribution in [-0.2, 0) is 28.6 Å². The molecule has 0 saturated heterocycles. The van der Waals surface area contributed by atoms with Crippen LogP contribution in [0.15, 0.2) is 0 Å². The molecule has 0 fully saturated rings. The van der Waals surface area contributed by atoms with E-state index < -0.39 is 0 Å². The Morgan fingerprint density at radius 2 is 0.702 bits per heavy atom. The topological polar surface area (TPSA) is 90.9 Å². The Labute approximate surface area is 354 Å². The number of carbonyl (C=O) groups is 3. The van der Waals surface area contributed by atoms with Crippen molar-refractivity contribution in [3.8, 4) is 0 Å². The van der Waals surface area contributed by atoms with Gasteiger partial charge in [-0.2, -0.15) is 0 Å². The third-order valence-electron chi connectivity index (χ3n) is 11.7. The van der Waals surface area contributed by atoms with E-state index in [2.05, 4.69) is 33.0 Å². The minimum Gasteiger partial charge on any atom is -0.466 e. The fraction of sp³-hybridized carbons (Fsp3) is 0.940. The van der Waals surface area contributed by atoms with Crippen LogP contribution in [0.25, 0.3) is 0 Å². The quantitative estimate of drug-likeness (QED) is 0.0372. The van der Waals surface area contributed by atoms with Crippen molar-refractivity contribution in [2.45, 2.75) is 265 Å². The molecule has 2 unspecified atom stereocenters. The lowest BCUT2D eigenvalue weighted by Gasteiger charge is -2.19.